The molecule has 0 saturated heterocycles. The van der Waals surface area contributed by atoms with Crippen LogP contribution in [0.25, 0.3) is 11.6 Å². The van der Waals surface area contributed by atoms with Crippen molar-refractivity contribution in [3.8, 4) is 11.6 Å². The van der Waals surface area contributed by atoms with Crippen LogP contribution in [-0.4, -0.2) is 24.3 Å². The molecule has 3 rings (SSSR count). The van der Waals surface area contributed by atoms with Crippen molar-refractivity contribution in [2.24, 2.45) is 0 Å². The molecule has 0 aliphatic rings. The summed E-state index contributed by atoms with van der Waals surface area (Å²) >= 11 is 0. The lowest BCUT2D eigenvalue weighted by molar-refractivity contribution is 0.756. The van der Waals surface area contributed by atoms with Gasteiger partial charge in [0.15, 0.2) is 0 Å². The Morgan fingerprint density at radius 2 is 1.64 bits per heavy atom. The molecule has 0 aliphatic carbocycles. The standard InChI is InChI=1S/C15H15N5O2/c1-9-6-4-5-7-12(9)19-14(21)18-20(15(19)22)13-16-10(2)8-11(3)17-13/h4-8H,1-3H3,(H,18,21). The molecule has 1 aromatic carbocycles. The van der Waals surface area contributed by atoms with E-state index in [9.17, 15) is 9.59 Å². The molecule has 7 heteroatoms. The second kappa shape index (κ2) is 5.10. The number of para-hydroxylation sites is 1. The molecule has 112 valence electrons. The van der Waals surface area contributed by atoms with E-state index in [0.717, 1.165) is 26.2 Å². The molecule has 2 aromatic heterocycles. The van der Waals surface area contributed by atoms with Crippen molar-refractivity contribution in [2.45, 2.75) is 20.8 Å². The summed E-state index contributed by atoms with van der Waals surface area (Å²) < 4.78 is 2.14. The van der Waals surface area contributed by atoms with Gasteiger partial charge in [-0.05, 0) is 38.5 Å². The van der Waals surface area contributed by atoms with E-state index < -0.39 is 11.4 Å². The quantitative estimate of drug-likeness (QED) is 0.765. The number of rotatable bonds is 2. The van der Waals surface area contributed by atoms with E-state index >= 15 is 0 Å². The minimum atomic E-state index is -0.526. The van der Waals surface area contributed by atoms with Gasteiger partial charge in [0.2, 0.25) is 0 Å². The topological polar surface area (TPSA) is 85.6 Å². The first kappa shape index (κ1) is 14.0. The monoisotopic (exact) mass is 297 g/mol. The number of nitrogens with zero attached hydrogens (tertiary/aromatic N) is 4. The number of aromatic nitrogens is 5. The first-order valence-corrected chi connectivity index (χ1v) is 6.80. The number of hydrogen-bond donors (Lipinski definition) is 1. The Morgan fingerprint density at radius 3 is 2.27 bits per heavy atom. The van der Waals surface area contributed by atoms with E-state index in [1.54, 1.807) is 32.0 Å². The van der Waals surface area contributed by atoms with Crippen LogP contribution in [-0.2, 0) is 0 Å². The van der Waals surface area contributed by atoms with Gasteiger partial charge in [-0.3, -0.25) is 0 Å². The van der Waals surface area contributed by atoms with E-state index in [4.69, 9.17) is 0 Å². The highest BCUT2D eigenvalue weighted by atomic mass is 16.2. The molecule has 0 atom stereocenters. The summed E-state index contributed by atoms with van der Waals surface area (Å²) in [5.74, 6) is 0.159. The lowest BCUT2D eigenvalue weighted by Crippen LogP contribution is -2.28. The highest BCUT2D eigenvalue weighted by molar-refractivity contribution is 5.39. The zero-order chi connectivity index (χ0) is 15.9. The summed E-state index contributed by atoms with van der Waals surface area (Å²) in [5, 5.41) is 2.50. The first-order valence-electron chi connectivity index (χ1n) is 6.80. The number of aryl methyl sites for hydroxylation is 3. The van der Waals surface area contributed by atoms with E-state index in [1.165, 1.54) is 0 Å². The van der Waals surface area contributed by atoms with Gasteiger partial charge in [0.1, 0.15) is 0 Å². The van der Waals surface area contributed by atoms with Gasteiger partial charge in [-0.15, -0.1) is 0 Å². The second-order valence-corrected chi connectivity index (χ2v) is 5.11. The number of hydrogen-bond acceptors (Lipinski definition) is 4. The van der Waals surface area contributed by atoms with Gasteiger partial charge < -0.3 is 0 Å². The Balaban J connectivity index is 2.26. The van der Waals surface area contributed by atoms with Crippen molar-refractivity contribution in [3.05, 3.63) is 68.3 Å². The fourth-order valence-electron chi connectivity index (χ4n) is 2.35. The van der Waals surface area contributed by atoms with E-state index in [1.807, 2.05) is 19.1 Å². The minimum Gasteiger partial charge on any atom is -0.246 e. The molecule has 0 spiro atoms. The predicted molar refractivity (Wildman–Crippen MR) is 81.8 cm³/mol. The molecule has 2 heterocycles. The second-order valence-electron chi connectivity index (χ2n) is 5.11. The van der Waals surface area contributed by atoms with Crippen LogP contribution in [0.4, 0.5) is 0 Å². The fraction of sp³-hybridized carbons (Fsp3) is 0.200. The highest BCUT2D eigenvalue weighted by Crippen LogP contribution is 2.09. The minimum absolute atomic E-state index is 0.159. The van der Waals surface area contributed by atoms with Gasteiger partial charge in [0.25, 0.3) is 5.95 Å². The van der Waals surface area contributed by atoms with Gasteiger partial charge in [-0.1, -0.05) is 18.2 Å². The highest BCUT2D eigenvalue weighted by Gasteiger charge is 2.15. The average molecular weight is 297 g/mol. The largest absolute Gasteiger partial charge is 0.359 e. The van der Waals surface area contributed by atoms with Crippen molar-refractivity contribution in [1.82, 2.24) is 24.3 Å². The molecule has 0 aliphatic heterocycles. The van der Waals surface area contributed by atoms with Crippen molar-refractivity contribution in [1.29, 1.82) is 0 Å². The predicted octanol–water partition coefficient (Wildman–Crippen LogP) is 1.03. The van der Waals surface area contributed by atoms with Crippen LogP contribution < -0.4 is 11.4 Å². The van der Waals surface area contributed by atoms with Crippen LogP contribution in [0.15, 0.2) is 39.9 Å². The Hall–Kier alpha value is -2.96. The van der Waals surface area contributed by atoms with E-state index in [-0.39, 0.29) is 5.95 Å². The van der Waals surface area contributed by atoms with Crippen LogP contribution in [0.1, 0.15) is 17.0 Å². The Kier molecular flexibility index (Phi) is 3.25. The number of H-pyrrole nitrogens is 1. The molecule has 1 N–H and O–H groups in total. The summed E-state index contributed by atoms with van der Waals surface area (Å²) in [4.78, 5) is 33.2. The molecule has 22 heavy (non-hydrogen) atoms. The molecule has 3 aromatic rings. The number of aromatic amines is 1. The molecular formula is C15H15N5O2. The lowest BCUT2D eigenvalue weighted by Gasteiger charge is -2.04. The number of benzene rings is 1. The average Bonchev–Trinajstić information content (AvgIpc) is 2.74. The zero-order valence-electron chi connectivity index (χ0n) is 12.5. The van der Waals surface area contributed by atoms with Crippen LogP contribution >= 0.6 is 0 Å². The summed E-state index contributed by atoms with van der Waals surface area (Å²) in [7, 11) is 0. The van der Waals surface area contributed by atoms with Gasteiger partial charge in [0.05, 0.1) is 5.69 Å². The molecule has 0 radical (unpaired) electrons. The molecule has 0 bridgehead atoms. The van der Waals surface area contributed by atoms with E-state index in [0.29, 0.717) is 5.69 Å². The third-order valence-corrected chi connectivity index (χ3v) is 3.32. The van der Waals surface area contributed by atoms with Gasteiger partial charge >= 0.3 is 11.4 Å². The Morgan fingerprint density at radius 1 is 1.00 bits per heavy atom. The maximum Gasteiger partial charge on any atom is 0.359 e. The van der Waals surface area contributed by atoms with Gasteiger partial charge in [-0.25, -0.2) is 29.2 Å². The summed E-state index contributed by atoms with van der Waals surface area (Å²) in [5.41, 5.74) is 1.76. The lowest BCUT2D eigenvalue weighted by atomic mass is 10.2. The summed E-state index contributed by atoms with van der Waals surface area (Å²) in [6.07, 6.45) is 0. The van der Waals surface area contributed by atoms with Gasteiger partial charge in [-0.2, -0.15) is 4.68 Å². The van der Waals surface area contributed by atoms with Crippen molar-refractivity contribution >= 4 is 0 Å². The van der Waals surface area contributed by atoms with Crippen LogP contribution in [0.3, 0.4) is 0 Å². The van der Waals surface area contributed by atoms with Crippen molar-refractivity contribution < 1.29 is 0 Å². The van der Waals surface area contributed by atoms with E-state index in [2.05, 4.69) is 15.1 Å². The Bertz CT molecular complexity index is 944. The van der Waals surface area contributed by atoms with Crippen LogP contribution in [0.5, 0.6) is 0 Å². The zero-order valence-corrected chi connectivity index (χ0v) is 12.5. The van der Waals surface area contributed by atoms with Crippen LogP contribution in [0, 0.1) is 20.8 Å². The van der Waals surface area contributed by atoms with Gasteiger partial charge in [0, 0.05) is 11.4 Å². The SMILES string of the molecule is Cc1cc(C)nc(-n2[nH]c(=O)n(-c3ccccc3C)c2=O)n1. The maximum atomic E-state index is 12.6. The molecule has 0 fully saturated rings. The third kappa shape index (κ3) is 2.26. The molecule has 0 unspecified atom stereocenters. The number of nitrogens with one attached hydrogen (secondary N) is 1. The fourth-order valence-corrected chi connectivity index (χ4v) is 2.35. The summed E-state index contributed by atoms with van der Waals surface area (Å²) in [6.45, 7) is 5.45. The normalized spacial score (nSPS) is 10.9. The maximum absolute atomic E-state index is 12.6. The summed E-state index contributed by atoms with van der Waals surface area (Å²) in [6, 6.07) is 8.98. The Labute approximate surface area is 125 Å². The molecular weight excluding hydrogens is 282 g/mol. The molecule has 0 saturated carbocycles. The first-order chi connectivity index (χ1) is 10.5. The molecule has 0 amide bonds. The van der Waals surface area contributed by atoms with Crippen molar-refractivity contribution in [3.63, 3.8) is 0 Å². The van der Waals surface area contributed by atoms with Crippen molar-refractivity contribution in [2.75, 3.05) is 0 Å². The van der Waals surface area contributed by atoms with Crippen LogP contribution in [0.2, 0.25) is 0 Å². The smallest absolute Gasteiger partial charge is 0.246 e. The molecule has 7 nitrogen and oxygen atoms in total. The third-order valence-electron chi connectivity index (χ3n) is 3.32.